The molecule has 0 heterocycles. The predicted molar refractivity (Wildman–Crippen MR) is 119 cm³/mol. The lowest BCUT2D eigenvalue weighted by Gasteiger charge is -2.14. The Morgan fingerprint density at radius 2 is 1.63 bits per heavy atom. The van der Waals surface area contributed by atoms with Gasteiger partial charge in [-0.1, -0.05) is 24.3 Å². The van der Waals surface area contributed by atoms with Crippen LogP contribution >= 0.6 is 0 Å². The van der Waals surface area contributed by atoms with Crippen molar-refractivity contribution in [1.29, 1.82) is 0 Å². The van der Waals surface area contributed by atoms with Crippen molar-refractivity contribution in [1.82, 2.24) is 0 Å². The SMILES string of the molecule is COc1ccc(C)cc1NC(=O)c1cc(S(=O)(=O)Nc2cccc(C)c2)ccc1C. The molecule has 3 aromatic rings. The fraction of sp³-hybridized carbons (Fsp3) is 0.174. The Labute approximate surface area is 177 Å². The lowest BCUT2D eigenvalue weighted by Crippen LogP contribution is -2.17. The summed E-state index contributed by atoms with van der Waals surface area (Å²) >= 11 is 0. The number of carbonyl (C=O) groups excluding carboxylic acids is 1. The Morgan fingerprint density at radius 1 is 0.900 bits per heavy atom. The molecule has 0 bridgehead atoms. The van der Waals surface area contributed by atoms with Crippen LogP contribution in [-0.2, 0) is 10.0 Å². The van der Waals surface area contributed by atoms with Gasteiger partial charge in [0.25, 0.3) is 15.9 Å². The number of anilines is 2. The largest absolute Gasteiger partial charge is 0.495 e. The number of methoxy groups -OCH3 is 1. The molecular formula is C23H24N2O4S. The second-order valence-electron chi connectivity index (χ2n) is 7.11. The number of aryl methyl sites for hydroxylation is 3. The molecule has 7 heteroatoms. The van der Waals surface area contributed by atoms with Crippen LogP contribution in [0.2, 0.25) is 0 Å². The van der Waals surface area contributed by atoms with E-state index in [1.165, 1.54) is 19.2 Å². The maximum absolute atomic E-state index is 12.9. The smallest absolute Gasteiger partial charge is 0.261 e. The molecule has 0 saturated heterocycles. The standard InChI is InChI=1S/C23H24N2O4S/c1-15-6-5-7-18(12-15)25-30(27,28)19-10-9-17(3)20(14-19)23(26)24-21-13-16(2)8-11-22(21)29-4/h5-14,25H,1-4H3,(H,24,26). The van der Waals surface area contributed by atoms with Gasteiger partial charge in [-0.25, -0.2) is 8.42 Å². The average molecular weight is 425 g/mol. The summed E-state index contributed by atoms with van der Waals surface area (Å²) in [4.78, 5) is 12.9. The van der Waals surface area contributed by atoms with Crippen LogP contribution < -0.4 is 14.8 Å². The minimum Gasteiger partial charge on any atom is -0.495 e. The normalized spacial score (nSPS) is 11.1. The van der Waals surface area contributed by atoms with E-state index in [-0.39, 0.29) is 10.5 Å². The maximum Gasteiger partial charge on any atom is 0.261 e. The molecular weight excluding hydrogens is 400 g/mol. The summed E-state index contributed by atoms with van der Waals surface area (Å²) in [6.07, 6.45) is 0. The van der Waals surface area contributed by atoms with Crippen LogP contribution in [0.3, 0.4) is 0 Å². The Balaban J connectivity index is 1.91. The third-order valence-electron chi connectivity index (χ3n) is 4.64. The van der Waals surface area contributed by atoms with Crippen LogP contribution in [0.25, 0.3) is 0 Å². The molecule has 0 aliphatic rings. The minimum atomic E-state index is -3.85. The van der Waals surface area contributed by atoms with Gasteiger partial charge in [-0.05, 0) is 73.9 Å². The summed E-state index contributed by atoms with van der Waals surface area (Å²) in [5.41, 5.74) is 3.81. The first-order valence-corrected chi connectivity index (χ1v) is 10.8. The summed E-state index contributed by atoms with van der Waals surface area (Å²) in [6, 6.07) is 17.0. The van der Waals surface area contributed by atoms with Gasteiger partial charge >= 0.3 is 0 Å². The first kappa shape index (κ1) is 21.4. The molecule has 0 aliphatic heterocycles. The summed E-state index contributed by atoms with van der Waals surface area (Å²) < 4.78 is 33.5. The number of ether oxygens (including phenoxy) is 1. The number of hydrogen-bond acceptors (Lipinski definition) is 4. The first-order chi connectivity index (χ1) is 14.2. The van der Waals surface area contributed by atoms with Gasteiger partial charge in [0.05, 0.1) is 17.7 Å². The zero-order chi connectivity index (χ0) is 21.9. The van der Waals surface area contributed by atoms with E-state index in [0.29, 0.717) is 22.7 Å². The molecule has 0 aromatic heterocycles. The summed E-state index contributed by atoms with van der Waals surface area (Å²) in [5, 5.41) is 2.82. The van der Waals surface area contributed by atoms with E-state index in [4.69, 9.17) is 4.74 Å². The number of benzene rings is 3. The highest BCUT2D eigenvalue weighted by atomic mass is 32.2. The Hall–Kier alpha value is -3.32. The van der Waals surface area contributed by atoms with E-state index in [9.17, 15) is 13.2 Å². The minimum absolute atomic E-state index is 0.0102. The van der Waals surface area contributed by atoms with Crippen LogP contribution in [0.5, 0.6) is 5.75 Å². The first-order valence-electron chi connectivity index (χ1n) is 9.36. The van der Waals surface area contributed by atoms with Crippen molar-refractivity contribution >= 4 is 27.3 Å². The zero-order valence-corrected chi connectivity index (χ0v) is 18.1. The number of carbonyl (C=O) groups is 1. The Kier molecular flexibility index (Phi) is 6.12. The molecule has 30 heavy (non-hydrogen) atoms. The molecule has 1 amide bonds. The summed E-state index contributed by atoms with van der Waals surface area (Å²) in [7, 11) is -2.33. The van der Waals surface area contributed by atoms with Gasteiger partial charge in [-0.3, -0.25) is 9.52 Å². The lowest BCUT2D eigenvalue weighted by molar-refractivity contribution is 0.102. The molecule has 0 spiro atoms. The number of nitrogens with one attached hydrogen (secondary N) is 2. The fourth-order valence-electron chi connectivity index (χ4n) is 3.04. The van der Waals surface area contributed by atoms with Crippen LogP contribution in [0.4, 0.5) is 11.4 Å². The molecule has 156 valence electrons. The van der Waals surface area contributed by atoms with Gasteiger partial charge < -0.3 is 10.1 Å². The predicted octanol–water partition coefficient (Wildman–Crippen LogP) is 4.67. The zero-order valence-electron chi connectivity index (χ0n) is 17.3. The van der Waals surface area contributed by atoms with Gasteiger partial charge in [0, 0.05) is 11.3 Å². The van der Waals surface area contributed by atoms with Crippen LogP contribution in [0, 0.1) is 20.8 Å². The lowest BCUT2D eigenvalue weighted by atomic mass is 10.1. The molecule has 0 saturated carbocycles. The molecule has 0 atom stereocenters. The third-order valence-corrected chi connectivity index (χ3v) is 6.02. The van der Waals surface area contributed by atoms with Gasteiger partial charge in [-0.2, -0.15) is 0 Å². The van der Waals surface area contributed by atoms with Gasteiger partial charge in [-0.15, -0.1) is 0 Å². The molecule has 3 rings (SSSR count). The van der Waals surface area contributed by atoms with E-state index < -0.39 is 15.9 Å². The molecule has 0 unspecified atom stereocenters. The maximum atomic E-state index is 12.9. The van der Waals surface area contributed by atoms with E-state index >= 15 is 0 Å². The van der Waals surface area contributed by atoms with Crippen molar-refractivity contribution < 1.29 is 17.9 Å². The van der Waals surface area contributed by atoms with E-state index in [0.717, 1.165) is 11.1 Å². The number of sulfonamides is 1. The van der Waals surface area contributed by atoms with Gasteiger partial charge in [0.1, 0.15) is 5.75 Å². The molecule has 0 radical (unpaired) electrons. The van der Waals surface area contributed by atoms with Crippen LogP contribution in [0.1, 0.15) is 27.0 Å². The molecule has 0 fully saturated rings. The molecule has 0 aliphatic carbocycles. The fourth-order valence-corrected chi connectivity index (χ4v) is 4.12. The summed E-state index contributed by atoms with van der Waals surface area (Å²) in [5.74, 6) is 0.112. The van der Waals surface area contributed by atoms with E-state index in [1.54, 1.807) is 43.3 Å². The Morgan fingerprint density at radius 3 is 2.33 bits per heavy atom. The number of amides is 1. The van der Waals surface area contributed by atoms with Crippen molar-refractivity contribution in [2.45, 2.75) is 25.7 Å². The molecule has 6 nitrogen and oxygen atoms in total. The highest BCUT2D eigenvalue weighted by molar-refractivity contribution is 7.92. The van der Waals surface area contributed by atoms with Crippen molar-refractivity contribution in [2.24, 2.45) is 0 Å². The average Bonchev–Trinajstić information content (AvgIpc) is 2.68. The topological polar surface area (TPSA) is 84.5 Å². The van der Waals surface area contributed by atoms with Crippen molar-refractivity contribution in [3.8, 4) is 5.75 Å². The van der Waals surface area contributed by atoms with Crippen molar-refractivity contribution in [2.75, 3.05) is 17.1 Å². The van der Waals surface area contributed by atoms with Crippen molar-refractivity contribution in [3.63, 3.8) is 0 Å². The highest BCUT2D eigenvalue weighted by Gasteiger charge is 2.19. The second kappa shape index (κ2) is 8.59. The number of rotatable bonds is 6. The molecule has 2 N–H and O–H groups in total. The van der Waals surface area contributed by atoms with Crippen LogP contribution in [0.15, 0.2) is 65.6 Å². The van der Waals surface area contributed by atoms with Gasteiger partial charge in [0.15, 0.2) is 0 Å². The second-order valence-corrected chi connectivity index (χ2v) is 8.79. The van der Waals surface area contributed by atoms with E-state index in [2.05, 4.69) is 10.0 Å². The van der Waals surface area contributed by atoms with Crippen LogP contribution in [-0.4, -0.2) is 21.4 Å². The third kappa shape index (κ3) is 4.80. The Bertz CT molecular complexity index is 1200. The monoisotopic (exact) mass is 424 g/mol. The molecule has 3 aromatic carbocycles. The summed E-state index contributed by atoms with van der Waals surface area (Å²) in [6.45, 7) is 5.54. The number of hydrogen-bond donors (Lipinski definition) is 2. The quantitative estimate of drug-likeness (QED) is 0.602. The van der Waals surface area contributed by atoms with E-state index in [1.807, 2.05) is 26.0 Å². The van der Waals surface area contributed by atoms with Gasteiger partial charge in [0.2, 0.25) is 0 Å². The van der Waals surface area contributed by atoms with Crippen molar-refractivity contribution in [3.05, 3.63) is 82.9 Å². The highest BCUT2D eigenvalue weighted by Crippen LogP contribution is 2.27.